The van der Waals surface area contributed by atoms with Gasteiger partial charge in [-0.15, -0.1) is 11.8 Å². The van der Waals surface area contributed by atoms with Gasteiger partial charge in [0.1, 0.15) is 6.07 Å². The van der Waals surface area contributed by atoms with Crippen molar-refractivity contribution in [2.24, 2.45) is 0 Å². The lowest BCUT2D eigenvalue weighted by Gasteiger charge is -2.16. The van der Waals surface area contributed by atoms with Crippen LogP contribution in [-0.2, 0) is 0 Å². The van der Waals surface area contributed by atoms with Crippen molar-refractivity contribution in [2.75, 3.05) is 37.8 Å². The Morgan fingerprint density at radius 3 is 2.83 bits per heavy atom. The summed E-state index contributed by atoms with van der Waals surface area (Å²) in [4.78, 5) is 3.51. The SMILES string of the molecule is CSc1cccc(NCCN2CCCC2)c1C#N. The van der Waals surface area contributed by atoms with Crippen molar-refractivity contribution in [3.8, 4) is 6.07 Å². The Balaban J connectivity index is 1.94. The number of hydrogen-bond donors (Lipinski definition) is 1. The van der Waals surface area contributed by atoms with Crippen molar-refractivity contribution < 1.29 is 0 Å². The number of nitrogens with one attached hydrogen (secondary N) is 1. The number of nitrogens with zero attached hydrogens (tertiary/aromatic N) is 2. The molecule has 1 aliphatic rings. The standard InChI is InChI=1S/C14H19N3S/c1-18-14-6-4-5-13(12(14)11-15)16-7-10-17-8-2-3-9-17/h4-6,16H,2-3,7-10H2,1H3. The van der Waals surface area contributed by atoms with Gasteiger partial charge in [-0.05, 0) is 44.3 Å². The monoisotopic (exact) mass is 261 g/mol. The van der Waals surface area contributed by atoms with Crippen LogP contribution in [0.5, 0.6) is 0 Å². The smallest absolute Gasteiger partial charge is 0.102 e. The van der Waals surface area contributed by atoms with Crippen LogP contribution in [0.3, 0.4) is 0 Å². The first-order chi connectivity index (χ1) is 8.85. The minimum atomic E-state index is 0.770. The molecule has 1 aromatic rings. The molecule has 0 saturated carbocycles. The summed E-state index contributed by atoms with van der Waals surface area (Å²) in [6.07, 6.45) is 4.65. The second kappa shape index (κ2) is 6.67. The van der Waals surface area contributed by atoms with E-state index in [0.29, 0.717) is 0 Å². The molecule has 1 fully saturated rings. The molecule has 96 valence electrons. The zero-order chi connectivity index (χ0) is 12.8. The molecule has 1 saturated heterocycles. The Hall–Kier alpha value is -1.18. The molecule has 1 aliphatic heterocycles. The lowest BCUT2D eigenvalue weighted by molar-refractivity contribution is 0.352. The van der Waals surface area contributed by atoms with Crippen LogP contribution in [-0.4, -0.2) is 37.3 Å². The first-order valence-corrected chi connectivity index (χ1v) is 7.61. The Kier molecular flexibility index (Phi) is 4.91. The van der Waals surface area contributed by atoms with Crippen molar-refractivity contribution in [3.63, 3.8) is 0 Å². The lowest BCUT2D eigenvalue weighted by atomic mass is 10.2. The fourth-order valence-corrected chi connectivity index (χ4v) is 2.89. The van der Waals surface area contributed by atoms with Crippen LogP contribution in [0.4, 0.5) is 5.69 Å². The zero-order valence-electron chi connectivity index (χ0n) is 10.8. The van der Waals surface area contributed by atoms with E-state index in [1.807, 2.05) is 24.5 Å². The van der Waals surface area contributed by atoms with Crippen LogP contribution in [0, 0.1) is 11.3 Å². The van der Waals surface area contributed by atoms with Crippen LogP contribution >= 0.6 is 11.8 Å². The Labute approximate surface area is 113 Å². The van der Waals surface area contributed by atoms with Gasteiger partial charge in [0.25, 0.3) is 0 Å². The summed E-state index contributed by atoms with van der Waals surface area (Å²) < 4.78 is 0. The van der Waals surface area contributed by atoms with E-state index in [1.165, 1.54) is 25.9 Å². The van der Waals surface area contributed by atoms with Gasteiger partial charge in [-0.1, -0.05) is 6.07 Å². The summed E-state index contributed by atoms with van der Waals surface area (Å²) in [6.45, 7) is 4.41. The fraction of sp³-hybridized carbons (Fsp3) is 0.500. The first-order valence-electron chi connectivity index (χ1n) is 6.38. The van der Waals surface area contributed by atoms with Gasteiger partial charge in [-0.25, -0.2) is 0 Å². The summed E-state index contributed by atoms with van der Waals surface area (Å²) >= 11 is 1.62. The maximum atomic E-state index is 9.23. The summed E-state index contributed by atoms with van der Waals surface area (Å²) in [5, 5.41) is 12.6. The first kappa shape index (κ1) is 13.3. The Morgan fingerprint density at radius 1 is 1.39 bits per heavy atom. The molecule has 3 nitrogen and oxygen atoms in total. The fourth-order valence-electron chi connectivity index (χ4n) is 2.32. The van der Waals surface area contributed by atoms with E-state index in [4.69, 9.17) is 0 Å². The van der Waals surface area contributed by atoms with Crippen molar-refractivity contribution in [1.82, 2.24) is 4.90 Å². The van der Waals surface area contributed by atoms with Crippen LogP contribution in [0.1, 0.15) is 18.4 Å². The maximum absolute atomic E-state index is 9.23. The highest BCUT2D eigenvalue weighted by atomic mass is 32.2. The van der Waals surface area contributed by atoms with E-state index in [9.17, 15) is 5.26 Å². The molecule has 0 bridgehead atoms. The normalized spacial score (nSPS) is 15.6. The largest absolute Gasteiger partial charge is 0.383 e. The third-order valence-electron chi connectivity index (χ3n) is 3.30. The van der Waals surface area contributed by atoms with Gasteiger partial charge in [0, 0.05) is 18.0 Å². The molecule has 1 aromatic carbocycles. The lowest BCUT2D eigenvalue weighted by Crippen LogP contribution is -2.26. The van der Waals surface area contributed by atoms with Gasteiger partial charge in [0.2, 0.25) is 0 Å². The quantitative estimate of drug-likeness (QED) is 0.827. The Morgan fingerprint density at radius 2 is 2.17 bits per heavy atom. The van der Waals surface area contributed by atoms with Crippen molar-refractivity contribution >= 4 is 17.4 Å². The average Bonchev–Trinajstić information content (AvgIpc) is 2.91. The molecule has 1 heterocycles. The number of hydrogen-bond acceptors (Lipinski definition) is 4. The van der Waals surface area contributed by atoms with Gasteiger partial charge in [-0.3, -0.25) is 0 Å². The summed E-state index contributed by atoms with van der Waals surface area (Å²) in [5.41, 5.74) is 1.73. The highest BCUT2D eigenvalue weighted by Gasteiger charge is 2.11. The van der Waals surface area contributed by atoms with E-state index in [2.05, 4.69) is 16.3 Å². The van der Waals surface area contributed by atoms with Crippen LogP contribution in [0.2, 0.25) is 0 Å². The molecule has 2 rings (SSSR count). The van der Waals surface area contributed by atoms with E-state index < -0.39 is 0 Å². The highest BCUT2D eigenvalue weighted by molar-refractivity contribution is 7.98. The topological polar surface area (TPSA) is 39.1 Å². The molecule has 0 amide bonds. The van der Waals surface area contributed by atoms with E-state index in [1.54, 1.807) is 11.8 Å². The molecule has 0 aliphatic carbocycles. The van der Waals surface area contributed by atoms with Crippen molar-refractivity contribution in [1.29, 1.82) is 5.26 Å². The number of nitriles is 1. The predicted octanol–water partition coefficient (Wildman–Crippen LogP) is 2.79. The molecule has 0 unspecified atom stereocenters. The van der Waals surface area contributed by atoms with E-state index in [-0.39, 0.29) is 0 Å². The van der Waals surface area contributed by atoms with Gasteiger partial charge < -0.3 is 10.2 Å². The molecule has 1 N–H and O–H groups in total. The molecule has 0 aromatic heterocycles. The molecular weight excluding hydrogens is 242 g/mol. The predicted molar refractivity (Wildman–Crippen MR) is 77.1 cm³/mol. The van der Waals surface area contributed by atoms with E-state index in [0.717, 1.165) is 29.2 Å². The minimum absolute atomic E-state index is 0.770. The van der Waals surface area contributed by atoms with Crippen LogP contribution < -0.4 is 5.32 Å². The number of thioether (sulfide) groups is 1. The van der Waals surface area contributed by atoms with Gasteiger partial charge in [-0.2, -0.15) is 5.26 Å². The van der Waals surface area contributed by atoms with E-state index >= 15 is 0 Å². The van der Waals surface area contributed by atoms with Crippen LogP contribution in [0.15, 0.2) is 23.1 Å². The zero-order valence-corrected chi connectivity index (χ0v) is 11.6. The Bertz CT molecular complexity index is 433. The van der Waals surface area contributed by atoms with Crippen LogP contribution in [0.25, 0.3) is 0 Å². The van der Waals surface area contributed by atoms with Crippen molar-refractivity contribution in [3.05, 3.63) is 23.8 Å². The molecule has 0 radical (unpaired) electrons. The summed E-state index contributed by atoms with van der Waals surface area (Å²) in [5.74, 6) is 0. The molecular formula is C14H19N3S. The molecule has 18 heavy (non-hydrogen) atoms. The maximum Gasteiger partial charge on any atom is 0.102 e. The van der Waals surface area contributed by atoms with Gasteiger partial charge in [0.15, 0.2) is 0 Å². The highest BCUT2D eigenvalue weighted by Crippen LogP contribution is 2.26. The summed E-state index contributed by atoms with van der Waals surface area (Å²) in [7, 11) is 0. The number of rotatable bonds is 5. The summed E-state index contributed by atoms with van der Waals surface area (Å²) in [6, 6.07) is 8.28. The second-order valence-electron chi connectivity index (χ2n) is 4.47. The van der Waals surface area contributed by atoms with Gasteiger partial charge in [0.05, 0.1) is 11.3 Å². The third-order valence-corrected chi connectivity index (χ3v) is 4.08. The number of anilines is 1. The molecule has 0 atom stereocenters. The third kappa shape index (κ3) is 3.18. The van der Waals surface area contributed by atoms with Crippen molar-refractivity contribution in [2.45, 2.75) is 17.7 Å². The molecule has 0 spiro atoms. The molecule has 4 heteroatoms. The number of likely N-dealkylation sites (tertiary alicyclic amines) is 1. The number of benzene rings is 1. The minimum Gasteiger partial charge on any atom is -0.383 e. The average molecular weight is 261 g/mol. The second-order valence-corrected chi connectivity index (χ2v) is 5.32. The van der Waals surface area contributed by atoms with Gasteiger partial charge >= 0.3 is 0 Å².